The highest BCUT2D eigenvalue weighted by atomic mass is 79.9. The number of aliphatic imine (C=N–C) groups is 1. The fraction of sp³-hybridized carbons (Fsp3) is 0.0714. The quantitative estimate of drug-likeness (QED) is 0.479. The van der Waals surface area contributed by atoms with Gasteiger partial charge in [-0.3, -0.25) is 15.1 Å². The molecular weight excluding hydrogens is 340 g/mol. The van der Waals surface area contributed by atoms with Gasteiger partial charge >= 0.3 is 0 Å². The number of benzene rings is 2. The number of hydrogen-bond acceptors (Lipinski definition) is 5. The number of ether oxygens (including phenoxy) is 2. The monoisotopic (exact) mass is 348 g/mol. The summed E-state index contributed by atoms with van der Waals surface area (Å²) >= 11 is 3.28. The Labute approximate surface area is 128 Å². The van der Waals surface area contributed by atoms with Crippen molar-refractivity contribution in [3.05, 3.63) is 56.5 Å². The Hall–Kier alpha value is -2.41. The van der Waals surface area contributed by atoms with Gasteiger partial charge in [0.1, 0.15) is 0 Å². The molecule has 0 unspecified atom stereocenters. The maximum Gasteiger partial charge on any atom is 0.270 e. The molecule has 0 amide bonds. The molecule has 3 rings (SSSR count). The van der Waals surface area contributed by atoms with Crippen LogP contribution in [0, 0.1) is 10.1 Å². The first-order valence-corrected chi connectivity index (χ1v) is 6.80. The van der Waals surface area contributed by atoms with E-state index in [9.17, 15) is 10.1 Å². The van der Waals surface area contributed by atoms with Crippen molar-refractivity contribution in [2.75, 3.05) is 6.79 Å². The van der Waals surface area contributed by atoms with Gasteiger partial charge < -0.3 is 9.47 Å². The second kappa shape index (κ2) is 5.53. The van der Waals surface area contributed by atoms with Crippen LogP contribution in [0.5, 0.6) is 11.5 Å². The molecule has 0 spiro atoms. The largest absolute Gasteiger partial charge is 0.454 e. The maximum atomic E-state index is 10.7. The number of rotatable bonds is 3. The van der Waals surface area contributed by atoms with Gasteiger partial charge in [-0.05, 0) is 45.8 Å². The Balaban J connectivity index is 1.84. The third kappa shape index (κ3) is 2.87. The molecule has 0 aliphatic carbocycles. The summed E-state index contributed by atoms with van der Waals surface area (Å²) < 4.78 is 11.1. The minimum Gasteiger partial charge on any atom is -0.454 e. The van der Waals surface area contributed by atoms with Gasteiger partial charge in [-0.1, -0.05) is 0 Å². The average Bonchev–Trinajstić information content (AvgIpc) is 2.93. The molecule has 0 radical (unpaired) electrons. The number of nitro benzene ring substituents is 1. The maximum absolute atomic E-state index is 10.7. The van der Waals surface area contributed by atoms with Gasteiger partial charge in [0.2, 0.25) is 6.79 Å². The molecule has 0 fully saturated rings. The number of nitro groups is 1. The first-order chi connectivity index (χ1) is 10.1. The summed E-state index contributed by atoms with van der Waals surface area (Å²) in [6, 6.07) is 9.92. The molecular formula is C14H9BrN2O4. The number of hydrogen-bond donors (Lipinski definition) is 0. The highest BCUT2D eigenvalue weighted by Gasteiger charge is 2.12. The van der Waals surface area contributed by atoms with Gasteiger partial charge in [0.05, 0.1) is 10.6 Å². The third-order valence-electron chi connectivity index (χ3n) is 2.89. The molecule has 6 nitrogen and oxygen atoms in total. The predicted octanol–water partition coefficient (Wildman–Crippen LogP) is 3.84. The lowest BCUT2D eigenvalue weighted by Crippen LogP contribution is -1.92. The van der Waals surface area contributed by atoms with E-state index in [0.717, 1.165) is 5.56 Å². The van der Waals surface area contributed by atoms with Gasteiger partial charge in [-0.2, -0.15) is 0 Å². The summed E-state index contributed by atoms with van der Waals surface area (Å²) in [7, 11) is 0. The van der Waals surface area contributed by atoms with Crippen molar-refractivity contribution in [1.29, 1.82) is 0 Å². The lowest BCUT2D eigenvalue weighted by molar-refractivity contribution is -0.384. The molecule has 0 atom stereocenters. The molecule has 0 bridgehead atoms. The van der Waals surface area contributed by atoms with E-state index in [4.69, 9.17) is 9.47 Å². The van der Waals surface area contributed by atoms with Crippen LogP contribution in [0.4, 0.5) is 11.4 Å². The van der Waals surface area contributed by atoms with Crippen LogP contribution in [0.15, 0.2) is 45.9 Å². The van der Waals surface area contributed by atoms with Crippen LogP contribution in [0.3, 0.4) is 0 Å². The van der Waals surface area contributed by atoms with E-state index in [1.165, 1.54) is 12.1 Å². The Bertz CT molecular complexity index is 746. The van der Waals surface area contributed by atoms with Crippen molar-refractivity contribution in [3.63, 3.8) is 0 Å². The molecule has 0 saturated carbocycles. The third-order valence-corrected chi connectivity index (χ3v) is 3.53. The molecule has 2 aromatic rings. The zero-order chi connectivity index (χ0) is 14.8. The predicted molar refractivity (Wildman–Crippen MR) is 80.6 cm³/mol. The number of halogens is 1. The average molecular weight is 349 g/mol. The highest BCUT2D eigenvalue weighted by Crippen LogP contribution is 2.33. The molecule has 0 N–H and O–H groups in total. The normalized spacial score (nSPS) is 12.8. The topological polar surface area (TPSA) is 74.0 Å². The summed E-state index contributed by atoms with van der Waals surface area (Å²) in [5.41, 5.74) is 1.48. The fourth-order valence-corrected chi connectivity index (χ4v) is 2.32. The highest BCUT2D eigenvalue weighted by molar-refractivity contribution is 9.10. The van der Waals surface area contributed by atoms with Crippen molar-refractivity contribution >= 4 is 33.5 Å². The molecule has 7 heteroatoms. The van der Waals surface area contributed by atoms with Crippen molar-refractivity contribution in [2.24, 2.45) is 4.99 Å². The first-order valence-electron chi connectivity index (χ1n) is 6.01. The van der Waals surface area contributed by atoms with Gasteiger partial charge in [-0.25, -0.2) is 0 Å². The summed E-state index contributed by atoms with van der Waals surface area (Å²) in [4.78, 5) is 14.5. The van der Waals surface area contributed by atoms with E-state index in [1.54, 1.807) is 12.3 Å². The molecule has 1 aliphatic rings. The van der Waals surface area contributed by atoms with E-state index >= 15 is 0 Å². The Morgan fingerprint density at radius 1 is 1.19 bits per heavy atom. The summed E-state index contributed by atoms with van der Waals surface area (Å²) in [6.07, 6.45) is 1.66. The minimum atomic E-state index is -0.448. The van der Waals surface area contributed by atoms with Crippen molar-refractivity contribution in [2.45, 2.75) is 0 Å². The molecule has 1 heterocycles. The SMILES string of the molecule is O=[N+]([O-])c1ccc(N=Cc2ccc3c(c2)OCO3)c(Br)c1. The van der Waals surface area contributed by atoms with Gasteiger partial charge in [0.15, 0.2) is 11.5 Å². The van der Waals surface area contributed by atoms with E-state index in [-0.39, 0.29) is 12.5 Å². The zero-order valence-corrected chi connectivity index (χ0v) is 12.2. The fourth-order valence-electron chi connectivity index (χ4n) is 1.85. The van der Waals surface area contributed by atoms with Gasteiger partial charge in [0, 0.05) is 22.8 Å². The van der Waals surface area contributed by atoms with Crippen LogP contribution in [0.1, 0.15) is 5.56 Å². The molecule has 21 heavy (non-hydrogen) atoms. The lowest BCUT2D eigenvalue weighted by Gasteiger charge is -1.99. The van der Waals surface area contributed by atoms with Crippen LogP contribution in [-0.2, 0) is 0 Å². The molecule has 0 aromatic heterocycles. The standard InChI is InChI=1S/C14H9BrN2O4/c15-11-6-10(17(18)19)2-3-12(11)16-7-9-1-4-13-14(5-9)21-8-20-13/h1-7H,8H2. The van der Waals surface area contributed by atoms with Gasteiger partial charge in [-0.15, -0.1) is 0 Å². The molecule has 2 aromatic carbocycles. The lowest BCUT2D eigenvalue weighted by atomic mass is 10.2. The van der Waals surface area contributed by atoms with Gasteiger partial charge in [0.25, 0.3) is 5.69 Å². The Morgan fingerprint density at radius 3 is 2.76 bits per heavy atom. The Morgan fingerprint density at radius 2 is 2.00 bits per heavy atom. The minimum absolute atomic E-state index is 0.0175. The van der Waals surface area contributed by atoms with E-state index < -0.39 is 4.92 Å². The molecule has 1 aliphatic heterocycles. The summed E-state index contributed by atoms with van der Waals surface area (Å²) in [6.45, 7) is 0.226. The number of fused-ring (bicyclic) bond motifs is 1. The van der Waals surface area contributed by atoms with Crippen LogP contribution in [0.25, 0.3) is 0 Å². The number of non-ortho nitro benzene ring substituents is 1. The van der Waals surface area contributed by atoms with E-state index in [0.29, 0.717) is 21.7 Å². The van der Waals surface area contributed by atoms with Crippen molar-refractivity contribution in [1.82, 2.24) is 0 Å². The molecule has 0 saturated heterocycles. The van der Waals surface area contributed by atoms with Crippen LogP contribution in [0.2, 0.25) is 0 Å². The van der Waals surface area contributed by atoms with Crippen LogP contribution < -0.4 is 9.47 Å². The zero-order valence-electron chi connectivity index (χ0n) is 10.7. The van der Waals surface area contributed by atoms with Crippen molar-refractivity contribution < 1.29 is 14.4 Å². The van der Waals surface area contributed by atoms with E-state index in [2.05, 4.69) is 20.9 Å². The number of nitrogens with zero attached hydrogens (tertiary/aromatic N) is 2. The summed E-state index contributed by atoms with van der Waals surface area (Å²) in [5, 5.41) is 10.7. The van der Waals surface area contributed by atoms with Crippen LogP contribution >= 0.6 is 15.9 Å². The van der Waals surface area contributed by atoms with E-state index in [1.807, 2.05) is 18.2 Å². The van der Waals surface area contributed by atoms with Crippen molar-refractivity contribution in [3.8, 4) is 11.5 Å². The van der Waals surface area contributed by atoms with Crippen LogP contribution in [-0.4, -0.2) is 17.9 Å². The summed E-state index contributed by atoms with van der Waals surface area (Å²) in [5.74, 6) is 1.39. The Kier molecular flexibility index (Phi) is 3.57. The molecule has 106 valence electrons. The first kappa shape index (κ1) is 13.6. The second-order valence-corrected chi connectivity index (χ2v) is 5.12. The smallest absolute Gasteiger partial charge is 0.270 e. The second-order valence-electron chi connectivity index (χ2n) is 4.26.